The summed E-state index contributed by atoms with van der Waals surface area (Å²) < 4.78 is 0. The summed E-state index contributed by atoms with van der Waals surface area (Å²) in [6.45, 7) is 0. The zero-order chi connectivity index (χ0) is 21.4. The topological polar surface area (TPSA) is 53.0 Å². The molecule has 3 aromatic rings. The fourth-order valence-electron chi connectivity index (χ4n) is 3.97. The first kappa shape index (κ1) is 19.3. The van der Waals surface area contributed by atoms with E-state index in [0.717, 1.165) is 11.3 Å². The van der Waals surface area contributed by atoms with Crippen LogP contribution in [0.4, 0.5) is 11.4 Å². The van der Waals surface area contributed by atoms with Crippen LogP contribution in [0.3, 0.4) is 0 Å². The van der Waals surface area contributed by atoms with Gasteiger partial charge in [0.05, 0.1) is 17.1 Å². The van der Waals surface area contributed by atoms with Gasteiger partial charge in [-0.15, -0.1) is 0 Å². The normalized spacial score (nSPS) is 20.5. The number of halogens is 1. The number of carbonyl (C=O) groups is 2. The second-order valence-corrected chi connectivity index (χ2v) is 7.80. The van der Waals surface area contributed by atoms with Crippen molar-refractivity contribution in [3.8, 4) is 0 Å². The molecule has 0 aliphatic carbocycles. The molecule has 2 atom stereocenters. The average molecular weight is 428 g/mol. The van der Waals surface area contributed by atoms with Crippen molar-refractivity contribution in [2.24, 2.45) is 11.0 Å². The van der Waals surface area contributed by atoms with Gasteiger partial charge in [-0.1, -0.05) is 66.2 Å². The molecule has 0 saturated carbocycles. The average Bonchev–Trinajstić information content (AvgIpc) is 3.31. The van der Waals surface area contributed by atoms with E-state index in [1.807, 2.05) is 72.8 Å². The van der Waals surface area contributed by atoms with E-state index in [1.165, 1.54) is 4.90 Å². The van der Waals surface area contributed by atoms with E-state index >= 15 is 0 Å². The van der Waals surface area contributed by atoms with Crippen LogP contribution in [-0.4, -0.2) is 23.6 Å². The standard InChI is InChI=1S/C25H18ClN3O2/c26-18-12-14-19(15-13-18)28-24(30)22-21(16-11-17-7-3-1-4-8-17)27-29(23(22)25(28)31)20-9-5-2-6-10-20/h1-16,22-23H/b16-11+/t22-,23-/m0/s1. The highest BCUT2D eigenvalue weighted by atomic mass is 35.5. The Bertz CT molecular complexity index is 1190. The number of imide groups is 1. The Morgan fingerprint density at radius 2 is 1.39 bits per heavy atom. The first-order valence-corrected chi connectivity index (χ1v) is 10.3. The summed E-state index contributed by atoms with van der Waals surface area (Å²) in [5, 5.41) is 6.88. The van der Waals surface area contributed by atoms with Gasteiger partial charge in [-0.3, -0.25) is 14.6 Å². The molecule has 0 aromatic heterocycles. The quantitative estimate of drug-likeness (QED) is 0.562. The lowest BCUT2D eigenvalue weighted by molar-refractivity contribution is -0.121. The van der Waals surface area contributed by atoms with Gasteiger partial charge in [-0.25, -0.2) is 4.90 Å². The maximum atomic E-state index is 13.4. The van der Waals surface area contributed by atoms with Crippen LogP contribution >= 0.6 is 11.6 Å². The number of carbonyl (C=O) groups excluding carboxylic acids is 2. The van der Waals surface area contributed by atoms with Crippen molar-refractivity contribution in [2.45, 2.75) is 6.04 Å². The van der Waals surface area contributed by atoms with Crippen LogP contribution in [-0.2, 0) is 9.59 Å². The molecule has 2 heterocycles. The number of nitrogens with zero attached hydrogens (tertiary/aromatic N) is 3. The Kier molecular flexibility index (Phi) is 4.88. The molecule has 5 rings (SSSR count). The van der Waals surface area contributed by atoms with Crippen molar-refractivity contribution < 1.29 is 9.59 Å². The summed E-state index contributed by atoms with van der Waals surface area (Å²) in [6.07, 6.45) is 3.74. The summed E-state index contributed by atoms with van der Waals surface area (Å²) in [6, 6.07) is 25.2. The fourth-order valence-corrected chi connectivity index (χ4v) is 4.09. The number of rotatable bonds is 4. The number of hydrogen-bond donors (Lipinski definition) is 0. The lowest BCUT2D eigenvalue weighted by Gasteiger charge is -2.22. The van der Waals surface area contributed by atoms with Gasteiger partial charge in [0.15, 0.2) is 0 Å². The minimum Gasteiger partial charge on any atom is -0.273 e. The molecule has 5 nitrogen and oxygen atoms in total. The van der Waals surface area contributed by atoms with Crippen LogP contribution in [0, 0.1) is 5.92 Å². The molecule has 0 bridgehead atoms. The Hall–Kier alpha value is -3.70. The molecular weight excluding hydrogens is 410 g/mol. The van der Waals surface area contributed by atoms with Crippen LogP contribution in [0.25, 0.3) is 6.08 Å². The highest BCUT2D eigenvalue weighted by Crippen LogP contribution is 2.38. The number of anilines is 2. The summed E-state index contributed by atoms with van der Waals surface area (Å²) >= 11 is 5.99. The van der Waals surface area contributed by atoms with E-state index in [1.54, 1.807) is 29.3 Å². The van der Waals surface area contributed by atoms with E-state index in [2.05, 4.69) is 5.10 Å². The summed E-state index contributed by atoms with van der Waals surface area (Å²) in [5.74, 6) is -1.26. The Labute approximate surface area is 184 Å². The number of amides is 2. The molecule has 2 aliphatic rings. The van der Waals surface area contributed by atoms with E-state index in [4.69, 9.17) is 11.6 Å². The van der Waals surface area contributed by atoms with Crippen molar-refractivity contribution in [3.63, 3.8) is 0 Å². The predicted octanol–water partition coefficient (Wildman–Crippen LogP) is 4.79. The SMILES string of the molecule is O=C1[C@H]2C(/C=C/c3ccccc3)=NN(c3ccccc3)[C@@H]2C(=O)N1c1ccc(Cl)cc1. The van der Waals surface area contributed by atoms with E-state index in [-0.39, 0.29) is 11.8 Å². The fraction of sp³-hybridized carbons (Fsp3) is 0.0800. The van der Waals surface area contributed by atoms with E-state index in [0.29, 0.717) is 16.4 Å². The van der Waals surface area contributed by atoms with Gasteiger partial charge in [-0.2, -0.15) is 5.10 Å². The number of allylic oxidation sites excluding steroid dienone is 1. The van der Waals surface area contributed by atoms with Crippen LogP contribution in [0.2, 0.25) is 5.02 Å². The first-order valence-electron chi connectivity index (χ1n) is 9.93. The largest absolute Gasteiger partial charge is 0.273 e. The molecule has 31 heavy (non-hydrogen) atoms. The summed E-state index contributed by atoms with van der Waals surface area (Å²) in [7, 11) is 0. The summed E-state index contributed by atoms with van der Waals surface area (Å²) in [5.41, 5.74) is 2.83. The lowest BCUT2D eigenvalue weighted by Crippen LogP contribution is -2.39. The monoisotopic (exact) mass is 427 g/mol. The molecule has 2 aliphatic heterocycles. The number of para-hydroxylation sites is 1. The molecule has 0 unspecified atom stereocenters. The highest BCUT2D eigenvalue weighted by molar-refractivity contribution is 6.34. The number of hydrogen-bond acceptors (Lipinski definition) is 4. The minimum absolute atomic E-state index is 0.285. The van der Waals surface area contributed by atoms with Crippen molar-refractivity contribution >= 4 is 46.6 Å². The maximum absolute atomic E-state index is 13.4. The minimum atomic E-state index is -0.721. The molecule has 1 fully saturated rings. The third kappa shape index (κ3) is 3.43. The number of fused-ring (bicyclic) bond motifs is 1. The van der Waals surface area contributed by atoms with Gasteiger partial charge in [0, 0.05) is 5.02 Å². The Balaban J connectivity index is 1.56. The molecular formula is C25H18ClN3O2. The van der Waals surface area contributed by atoms with Crippen molar-refractivity contribution in [2.75, 3.05) is 9.91 Å². The van der Waals surface area contributed by atoms with Crippen molar-refractivity contribution in [3.05, 3.63) is 102 Å². The van der Waals surface area contributed by atoms with Gasteiger partial charge in [0.25, 0.3) is 5.91 Å². The highest BCUT2D eigenvalue weighted by Gasteiger charge is 2.56. The van der Waals surface area contributed by atoms with Gasteiger partial charge in [-0.05, 0) is 48.0 Å². The van der Waals surface area contributed by atoms with E-state index < -0.39 is 12.0 Å². The third-order valence-electron chi connectivity index (χ3n) is 5.43. The molecule has 0 spiro atoms. The van der Waals surface area contributed by atoms with Crippen molar-refractivity contribution in [1.82, 2.24) is 0 Å². The zero-order valence-electron chi connectivity index (χ0n) is 16.4. The molecule has 2 amide bonds. The number of hydrazone groups is 1. The third-order valence-corrected chi connectivity index (χ3v) is 5.68. The van der Waals surface area contributed by atoms with Crippen LogP contribution in [0.15, 0.2) is 96.1 Å². The molecule has 0 N–H and O–H groups in total. The number of benzene rings is 3. The predicted molar refractivity (Wildman–Crippen MR) is 123 cm³/mol. The molecule has 1 saturated heterocycles. The maximum Gasteiger partial charge on any atom is 0.259 e. The van der Waals surface area contributed by atoms with Crippen LogP contribution in [0.1, 0.15) is 5.56 Å². The van der Waals surface area contributed by atoms with Crippen LogP contribution in [0.5, 0.6) is 0 Å². The van der Waals surface area contributed by atoms with Gasteiger partial charge in [0.1, 0.15) is 12.0 Å². The summed E-state index contributed by atoms with van der Waals surface area (Å²) in [4.78, 5) is 28.1. The Morgan fingerprint density at radius 3 is 2.06 bits per heavy atom. The van der Waals surface area contributed by atoms with Crippen LogP contribution < -0.4 is 9.91 Å². The first-order chi connectivity index (χ1) is 15.1. The second kappa shape index (κ2) is 7.85. The second-order valence-electron chi connectivity index (χ2n) is 7.36. The molecule has 152 valence electrons. The molecule has 0 radical (unpaired) electrons. The lowest BCUT2D eigenvalue weighted by atomic mass is 9.97. The van der Waals surface area contributed by atoms with Gasteiger partial charge in [0.2, 0.25) is 5.91 Å². The Morgan fingerprint density at radius 1 is 0.742 bits per heavy atom. The zero-order valence-corrected chi connectivity index (χ0v) is 17.2. The smallest absolute Gasteiger partial charge is 0.259 e. The van der Waals surface area contributed by atoms with Gasteiger partial charge >= 0.3 is 0 Å². The molecule has 3 aromatic carbocycles. The van der Waals surface area contributed by atoms with Gasteiger partial charge < -0.3 is 0 Å². The van der Waals surface area contributed by atoms with Crippen molar-refractivity contribution in [1.29, 1.82) is 0 Å². The molecule has 6 heteroatoms. The van der Waals surface area contributed by atoms with E-state index in [9.17, 15) is 9.59 Å².